The highest BCUT2D eigenvalue weighted by Crippen LogP contribution is 2.32. The van der Waals surface area contributed by atoms with Gasteiger partial charge in [-0.05, 0) is 47.5 Å². The number of benzene rings is 4. The molecule has 0 aliphatic rings. The molecule has 10 heteroatoms. The third kappa shape index (κ3) is 7.21. The average Bonchev–Trinajstić information content (AvgIpc) is 2.96. The summed E-state index contributed by atoms with van der Waals surface area (Å²) in [5, 5.41) is 2.87. The van der Waals surface area contributed by atoms with Gasteiger partial charge in [0.2, 0.25) is 5.91 Å². The molecule has 1 amide bonds. The van der Waals surface area contributed by atoms with Crippen LogP contribution in [0.4, 0.5) is 5.69 Å². The lowest BCUT2D eigenvalue weighted by molar-refractivity contribution is -0.123. The standard InChI is InChI=1S/C31H32N2O6S2/c1-31(2,3)30(34)32-28-20-19-25(21-29(28)39-23-24-13-7-4-8-14-24)22-33(40(35,36)26-15-9-5-10-16-26)41(37,38)27-17-11-6-12-18-27/h4-21H,22-23H2,1-3H3,(H,32,34). The van der Waals surface area contributed by atoms with Crippen LogP contribution in [0.15, 0.2) is 119 Å². The molecule has 214 valence electrons. The van der Waals surface area contributed by atoms with Crippen molar-refractivity contribution in [1.82, 2.24) is 3.71 Å². The molecule has 0 heterocycles. The van der Waals surface area contributed by atoms with E-state index in [0.717, 1.165) is 5.56 Å². The van der Waals surface area contributed by atoms with Crippen LogP contribution in [0.5, 0.6) is 5.75 Å². The largest absolute Gasteiger partial charge is 0.487 e. The predicted molar refractivity (Wildman–Crippen MR) is 158 cm³/mol. The van der Waals surface area contributed by atoms with Crippen LogP contribution >= 0.6 is 0 Å². The Kier molecular flexibility index (Phi) is 8.96. The van der Waals surface area contributed by atoms with Gasteiger partial charge in [-0.2, -0.15) is 0 Å². The van der Waals surface area contributed by atoms with Crippen LogP contribution in [0.1, 0.15) is 31.9 Å². The van der Waals surface area contributed by atoms with Gasteiger partial charge in [0.15, 0.2) is 0 Å². The second-order valence-electron chi connectivity index (χ2n) is 10.4. The molecule has 0 atom stereocenters. The van der Waals surface area contributed by atoms with E-state index in [1.54, 1.807) is 51.1 Å². The summed E-state index contributed by atoms with van der Waals surface area (Å²) in [4.78, 5) is 12.4. The van der Waals surface area contributed by atoms with Crippen molar-refractivity contribution in [3.05, 3.63) is 120 Å². The Morgan fingerprint density at radius 3 is 1.68 bits per heavy atom. The predicted octanol–water partition coefficient (Wildman–Crippen LogP) is 5.83. The van der Waals surface area contributed by atoms with Crippen molar-refractivity contribution >= 4 is 31.6 Å². The number of ether oxygens (including phenoxy) is 1. The van der Waals surface area contributed by atoms with Gasteiger partial charge in [0.25, 0.3) is 20.0 Å². The Bertz CT molecular complexity index is 1630. The summed E-state index contributed by atoms with van der Waals surface area (Å²) in [6, 6.07) is 28.9. The number of nitrogens with one attached hydrogen (secondary N) is 1. The fraction of sp³-hybridized carbons (Fsp3) is 0.194. The third-order valence-corrected chi connectivity index (χ3v) is 10.4. The van der Waals surface area contributed by atoms with Crippen molar-refractivity contribution in [2.75, 3.05) is 5.32 Å². The zero-order valence-corrected chi connectivity index (χ0v) is 24.7. The summed E-state index contributed by atoms with van der Waals surface area (Å²) in [6.07, 6.45) is 0. The number of sulfonamides is 2. The van der Waals surface area contributed by atoms with E-state index in [-0.39, 0.29) is 28.1 Å². The van der Waals surface area contributed by atoms with E-state index in [9.17, 15) is 21.6 Å². The first-order valence-electron chi connectivity index (χ1n) is 12.9. The van der Waals surface area contributed by atoms with Gasteiger partial charge < -0.3 is 10.1 Å². The van der Waals surface area contributed by atoms with E-state index in [0.29, 0.717) is 15.0 Å². The van der Waals surface area contributed by atoms with Gasteiger partial charge in [-0.3, -0.25) is 4.79 Å². The molecule has 0 saturated heterocycles. The van der Waals surface area contributed by atoms with Crippen LogP contribution in [0, 0.1) is 5.41 Å². The maximum Gasteiger partial charge on any atom is 0.256 e. The first-order valence-corrected chi connectivity index (χ1v) is 15.8. The van der Waals surface area contributed by atoms with E-state index in [1.807, 2.05) is 30.3 Å². The fourth-order valence-electron chi connectivity index (χ4n) is 3.80. The molecule has 4 aromatic rings. The molecule has 0 bridgehead atoms. The van der Waals surface area contributed by atoms with E-state index in [4.69, 9.17) is 4.74 Å². The molecule has 0 radical (unpaired) electrons. The fourth-order valence-corrected chi connectivity index (χ4v) is 7.46. The topological polar surface area (TPSA) is 110 Å². The molecule has 0 unspecified atom stereocenters. The molecular weight excluding hydrogens is 560 g/mol. The molecule has 4 rings (SSSR count). The molecule has 1 N–H and O–H groups in total. The molecule has 4 aromatic carbocycles. The van der Waals surface area contributed by atoms with Gasteiger partial charge in [-0.25, -0.2) is 16.8 Å². The second-order valence-corrected chi connectivity index (χ2v) is 14.3. The lowest BCUT2D eigenvalue weighted by Gasteiger charge is -2.23. The number of carbonyl (C=O) groups is 1. The molecule has 0 fully saturated rings. The van der Waals surface area contributed by atoms with Gasteiger partial charge in [0.05, 0.1) is 22.0 Å². The summed E-state index contributed by atoms with van der Waals surface area (Å²) in [7, 11) is -8.97. The Morgan fingerprint density at radius 1 is 0.707 bits per heavy atom. The highest BCUT2D eigenvalue weighted by molar-refractivity contribution is 8.04. The summed E-state index contributed by atoms with van der Waals surface area (Å²) in [6.45, 7) is 5.02. The number of nitrogens with zero attached hydrogens (tertiary/aromatic N) is 1. The maximum atomic E-state index is 13.7. The van der Waals surface area contributed by atoms with Crippen LogP contribution in [0.3, 0.4) is 0 Å². The normalized spacial score (nSPS) is 12.2. The summed E-state index contributed by atoms with van der Waals surface area (Å²) in [5.41, 5.74) is 0.930. The number of carbonyl (C=O) groups excluding carboxylic acids is 1. The molecule has 0 aliphatic carbocycles. The minimum atomic E-state index is -4.49. The second kappa shape index (κ2) is 12.3. The van der Waals surface area contributed by atoms with Gasteiger partial charge in [-0.1, -0.05) is 97.3 Å². The van der Waals surface area contributed by atoms with Crippen LogP contribution in [0.2, 0.25) is 0 Å². The molecule has 8 nitrogen and oxygen atoms in total. The lowest BCUT2D eigenvalue weighted by Crippen LogP contribution is -2.36. The zero-order valence-electron chi connectivity index (χ0n) is 23.0. The lowest BCUT2D eigenvalue weighted by atomic mass is 9.95. The third-order valence-electron chi connectivity index (χ3n) is 6.14. The van der Waals surface area contributed by atoms with E-state index in [1.165, 1.54) is 48.5 Å². The Balaban J connectivity index is 1.77. The first kappa shape index (κ1) is 30.0. The molecule has 0 aliphatic heterocycles. The van der Waals surface area contributed by atoms with Crippen LogP contribution in [-0.2, 0) is 38.0 Å². The van der Waals surface area contributed by atoms with Crippen LogP contribution in [-0.4, -0.2) is 26.5 Å². The molecule has 0 saturated carbocycles. The number of hydrogen-bond acceptors (Lipinski definition) is 6. The molecular formula is C31H32N2O6S2. The Morgan fingerprint density at radius 2 is 1.20 bits per heavy atom. The average molecular weight is 593 g/mol. The highest BCUT2D eigenvalue weighted by Gasteiger charge is 2.37. The molecule has 0 spiro atoms. The minimum Gasteiger partial charge on any atom is -0.487 e. The quantitative estimate of drug-likeness (QED) is 0.248. The summed E-state index contributed by atoms with van der Waals surface area (Å²) < 4.78 is 61.5. The van der Waals surface area contributed by atoms with Gasteiger partial charge in [0.1, 0.15) is 12.4 Å². The number of amides is 1. The summed E-state index contributed by atoms with van der Waals surface area (Å²) in [5.74, 6) is 0.0351. The Hall–Kier alpha value is -3.99. The van der Waals surface area contributed by atoms with E-state index in [2.05, 4.69) is 5.32 Å². The first-order chi connectivity index (χ1) is 19.4. The van der Waals surface area contributed by atoms with Crippen molar-refractivity contribution < 1.29 is 26.4 Å². The monoisotopic (exact) mass is 592 g/mol. The van der Waals surface area contributed by atoms with Gasteiger partial charge in [0, 0.05) is 5.41 Å². The number of anilines is 1. The smallest absolute Gasteiger partial charge is 0.256 e. The molecule has 0 aromatic heterocycles. The molecule has 41 heavy (non-hydrogen) atoms. The maximum absolute atomic E-state index is 13.7. The van der Waals surface area contributed by atoms with Crippen molar-refractivity contribution in [2.24, 2.45) is 5.41 Å². The van der Waals surface area contributed by atoms with Gasteiger partial charge in [-0.15, -0.1) is 0 Å². The zero-order chi connectivity index (χ0) is 29.7. The van der Waals surface area contributed by atoms with Crippen LogP contribution < -0.4 is 10.1 Å². The van der Waals surface area contributed by atoms with Crippen molar-refractivity contribution in [3.8, 4) is 5.75 Å². The van der Waals surface area contributed by atoms with Crippen LogP contribution in [0.25, 0.3) is 0 Å². The summed E-state index contributed by atoms with van der Waals surface area (Å²) >= 11 is 0. The number of rotatable bonds is 10. The van der Waals surface area contributed by atoms with Crippen molar-refractivity contribution in [3.63, 3.8) is 0 Å². The van der Waals surface area contributed by atoms with E-state index < -0.39 is 32.0 Å². The van der Waals surface area contributed by atoms with E-state index >= 15 is 0 Å². The van der Waals surface area contributed by atoms with Crippen molar-refractivity contribution in [1.29, 1.82) is 0 Å². The number of hydrogen-bond donors (Lipinski definition) is 1. The highest BCUT2D eigenvalue weighted by atomic mass is 32.3. The van der Waals surface area contributed by atoms with Crippen molar-refractivity contribution in [2.45, 2.75) is 43.7 Å². The van der Waals surface area contributed by atoms with Gasteiger partial charge >= 0.3 is 0 Å². The minimum absolute atomic E-state index is 0.158. The Labute approximate surface area is 241 Å². The SMILES string of the molecule is CC(C)(C)C(=O)Nc1ccc(CN(S(=O)(=O)c2ccccc2)S(=O)(=O)c2ccccc2)cc1OCc1ccccc1.